The van der Waals surface area contributed by atoms with Crippen LogP contribution in [0, 0.1) is 17.6 Å². The summed E-state index contributed by atoms with van der Waals surface area (Å²) in [7, 11) is 0. The molecule has 3 aromatic rings. The van der Waals surface area contributed by atoms with Crippen molar-refractivity contribution in [2.24, 2.45) is 11.7 Å². The van der Waals surface area contributed by atoms with Crippen LogP contribution in [0.2, 0.25) is 5.02 Å². The molecule has 0 radical (unpaired) electrons. The highest BCUT2D eigenvalue weighted by atomic mass is 35.5. The normalized spacial score (nSPS) is 22.0. The van der Waals surface area contributed by atoms with Crippen molar-refractivity contribution in [1.29, 1.82) is 0 Å². The second-order valence-corrected chi connectivity index (χ2v) is 11.6. The zero-order valence-corrected chi connectivity index (χ0v) is 23.9. The average molecular weight is 567 g/mol. The van der Waals surface area contributed by atoms with Crippen LogP contribution >= 0.6 is 11.6 Å². The van der Waals surface area contributed by atoms with Crippen LogP contribution in [0.1, 0.15) is 62.6 Å². The zero-order valence-electron chi connectivity index (χ0n) is 23.2. The van der Waals surface area contributed by atoms with Gasteiger partial charge in [0, 0.05) is 53.0 Å². The Morgan fingerprint density at radius 1 is 1.12 bits per heavy atom. The van der Waals surface area contributed by atoms with E-state index >= 15 is 8.78 Å². The Kier molecular flexibility index (Phi) is 8.39. The van der Waals surface area contributed by atoms with Gasteiger partial charge in [-0.3, -0.25) is 0 Å². The number of rotatable bonds is 9. The maximum Gasteiger partial charge on any atom is 0.173 e. The predicted octanol–water partition coefficient (Wildman–Crippen LogP) is 8.00. The highest BCUT2D eigenvalue weighted by Crippen LogP contribution is 2.51. The molecule has 7 heteroatoms. The van der Waals surface area contributed by atoms with Crippen LogP contribution in [0.5, 0.6) is 11.5 Å². The van der Waals surface area contributed by atoms with Crippen molar-refractivity contribution < 1.29 is 18.3 Å². The lowest BCUT2D eigenvalue weighted by molar-refractivity contribution is 0.0845. The monoisotopic (exact) mass is 566 g/mol. The molecule has 5 rings (SSSR count). The lowest BCUT2D eigenvalue weighted by Crippen LogP contribution is -2.46. The molecule has 0 bridgehead atoms. The van der Waals surface area contributed by atoms with Gasteiger partial charge in [-0.25, -0.2) is 8.78 Å². The summed E-state index contributed by atoms with van der Waals surface area (Å²) in [6, 6.07) is 14.8. The molecule has 1 heterocycles. The first-order valence-electron chi connectivity index (χ1n) is 14.1. The van der Waals surface area contributed by atoms with Crippen molar-refractivity contribution in [2.75, 3.05) is 13.2 Å². The second-order valence-electron chi connectivity index (χ2n) is 11.2. The molecule has 1 aliphatic carbocycles. The molecule has 0 aromatic heterocycles. The van der Waals surface area contributed by atoms with Gasteiger partial charge in [-0.2, -0.15) is 0 Å². The van der Waals surface area contributed by atoms with Gasteiger partial charge in [0.25, 0.3) is 0 Å². The van der Waals surface area contributed by atoms with Gasteiger partial charge < -0.3 is 20.5 Å². The van der Waals surface area contributed by atoms with Gasteiger partial charge in [0.15, 0.2) is 17.2 Å². The van der Waals surface area contributed by atoms with Crippen LogP contribution in [0.4, 0.5) is 8.78 Å². The van der Waals surface area contributed by atoms with Gasteiger partial charge in [0.05, 0.1) is 11.6 Å². The molecule has 3 aromatic carbocycles. The molecule has 40 heavy (non-hydrogen) atoms. The van der Waals surface area contributed by atoms with Crippen LogP contribution in [-0.2, 0) is 12.0 Å². The summed E-state index contributed by atoms with van der Waals surface area (Å²) in [5.74, 6) is -0.218. The van der Waals surface area contributed by atoms with E-state index in [-0.39, 0.29) is 27.6 Å². The fraction of sp³-hybridized carbons (Fsp3) is 0.394. The lowest BCUT2D eigenvalue weighted by atomic mass is 9.84. The summed E-state index contributed by atoms with van der Waals surface area (Å²) >= 11 is 6.64. The highest BCUT2D eigenvalue weighted by Gasteiger charge is 2.44. The number of hydrogen-bond acceptors (Lipinski definition) is 4. The minimum absolute atomic E-state index is 0.0531. The molecule has 0 unspecified atom stereocenters. The van der Waals surface area contributed by atoms with Crippen LogP contribution in [0.3, 0.4) is 0 Å². The molecule has 1 saturated carbocycles. The van der Waals surface area contributed by atoms with Crippen LogP contribution < -0.4 is 20.5 Å². The minimum atomic E-state index is -0.828. The van der Waals surface area contributed by atoms with E-state index in [1.165, 1.54) is 25.0 Å². The summed E-state index contributed by atoms with van der Waals surface area (Å²) in [4.78, 5) is 0. The average Bonchev–Trinajstić information content (AvgIpc) is 3.32. The summed E-state index contributed by atoms with van der Waals surface area (Å²) in [6.45, 7) is 8.93. The molecule has 1 aliphatic heterocycles. The predicted molar refractivity (Wildman–Crippen MR) is 158 cm³/mol. The topological polar surface area (TPSA) is 56.5 Å². The number of benzene rings is 3. The number of ether oxygens (including phenoxy) is 2. The van der Waals surface area contributed by atoms with Gasteiger partial charge in [-0.15, -0.1) is 0 Å². The first kappa shape index (κ1) is 28.4. The zero-order chi connectivity index (χ0) is 28.4. The lowest BCUT2D eigenvalue weighted by Gasteiger charge is -2.34. The van der Waals surface area contributed by atoms with Crippen molar-refractivity contribution >= 4 is 17.3 Å². The third-order valence-electron chi connectivity index (χ3n) is 8.21. The summed E-state index contributed by atoms with van der Waals surface area (Å²) in [5.41, 5.74) is 7.64. The fourth-order valence-electron chi connectivity index (χ4n) is 5.97. The van der Waals surface area contributed by atoms with Crippen molar-refractivity contribution in [3.63, 3.8) is 0 Å². The van der Waals surface area contributed by atoms with E-state index in [9.17, 15) is 0 Å². The summed E-state index contributed by atoms with van der Waals surface area (Å²) in [5, 5.41) is 3.55. The first-order valence-corrected chi connectivity index (χ1v) is 14.5. The maximum absolute atomic E-state index is 16.2. The molecule has 0 saturated heterocycles. The van der Waals surface area contributed by atoms with E-state index in [2.05, 4.69) is 18.8 Å². The number of hydrogen-bond donors (Lipinski definition) is 2. The van der Waals surface area contributed by atoms with Crippen molar-refractivity contribution in [1.82, 2.24) is 5.32 Å². The maximum atomic E-state index is 16.2. The van der Waals surface area contributed by atoms with Gasteiger partial charge >= 0.3 is 0 Å². The second kappa shape index (κ2) is 11.8. The summed E-state index contributed by atoms with van der Waals surface area (Å²) < 4.78 is 43.9. The number of fused-ring (bicyclic) bond motifs is 1. The quantitative estimate of drug-likeness (QED) is 0.275. The molecule has 212 valence electrons. The molecule has 1 fully saturated rings. The molecule has 2 aliphatic rings. The third kappa shape index (κ3) is 5.44. The van der Waals surface area contributed by atoms with Gasteiger partial charge in [0.1, 0.15) is 11.6 Å². The number of halogens is 3. The van der Waals surface area contributed by atoms with Crippen molar-refractivity contribution in [2.45, 2.75) is 64.0 Å². The molecular weight excluding hydrogens is 530 g/mol. The number of nitrogens with one attached hydrogen (secondary N) is 1. The van der Waals surface area contributed by atoms with E-state index in [4.69, 9.17) is 26.8 Å². The van der Waals surface area contributed by atoms with Crippen LogP contribution in [-0.4, -0.2) is 19.2 Å². The Labute approximate surface area is 240 Å². The molecule has 4 nitrogen and oxygen atoms in total. The smallest absolute Gasteiger partial charge is 0.173 e. The fourth-order valence-corrected chi connectivity index (χ4v) is 6.23. The van der Waals surface area contributed by atoms with E-state index in [0.717, 1.165) is 24.3 Å². The van der Waals surface area contributed by atoms with Gasteiger partial charge in [-0.05, 0) is 55.7 Å². The van der Waals surface area contributed by atoms with Gasteiger partial charge in [-0.1, -0.05) is 62.4 Å². The molecular formula is C33H37ClF2N2O2. The molecule has 1 atom stereocenters. The van der Waals surface area contributed by atoms with E-state index in [0.29, 0.717) is 48.9 Å². The largest absolute Gasteiger partial charge is 0.491 e. The third-order valence-corrected chi connectivity index (χ3v) is 8.58. The van der Waals surface area contributed by atoms with Crippen molar-refractivity contribution in [3.8, 4) is 22.6 Å². The van der Waals surface area contributed by atoms with Crippen molar-refractivity contribution in [3.05, 3.63) is 88.5 Å². The number of nitrogens with two attached hydrogens (primary N) is 1. The Balaban J connectivity index is 1.62. The Morgan fingerprint density at radius 2 is 1.85 bits per heavy atom. The first-order chi connectivity index (χ1) is 19.2. The molecule has 0 amide bonds. The van der Waals surface area contributed by atoms with Gasteiger partial charge in [0.2, 0.25) is 0 Å². The highest BCUT2D eigenvalue weighted by molar-refractivity contribution is 6.34. The Morgan fingerprint density at radius 3 is 2.52 bits per heavy atom. The SMILES string of the molecule is C=C(N)c1ccc(OCCC)c(F)c1-c1c(Cl)c(F)cc2c1C[C@@](CNC1CCC(C)CC1)(c1ccccc1)O2. The van der Waals surface area contributed by atoms with E-state index in [1.807, 2.05) is 37.3 Å². The van der Waals surface area contributed by atoms with Crippen LogP contribution in [0.15, 0.2) is 55.1 Å². The molecule has 3 N–H and O–H groups in total. The van der Waals surface area contributed by atoms with E-state index < -0.39 is 17.2 Å². The Hall–Kier alpha value is -3.09. The standard InChI is InChI=1S/C33H37ClF2N2O2/c1-4-16-39-27-15-14-24(21(3)37)30(32(27)36)29-25-18-33(22-8-6-5-7-9-22,40-28(25)17-26(35)31(29)34)19-38-23-12-10-20(2)11-13-23/h5-9,14-15,17,20,23,38H,3-4,10-13,16,18-19,37H2,1-2H3/t20?,23?,33-/m1/s1. The molecule has 0 spiro atoms. The Bertz CT molecular complexity index is 1390. The minimum Gasteiger partial charge on any atom is -0.491 e. The van der Waals surface area contributed by atoms with E-state index in [1.54, 1.807) is 6.07 Å². The van der Waals surface area contributed by atoms with Crippen LogP contribution in [0.25, 0.3) is 16.8 Å². The summed E-state index contributed by atoms with van der Waals surface area (Å²) in [6.07, 6.45) is 5.64.